The topological polar surface area (TPSA) is 37.4 Å². The fourth-order valence-electron chi connectivity index (χ4n) is 11.1. The highest BCUT2D eigenvalue weighted by Crippen LogP contribution is 2.48. The molecule has 9 aromatic carbocycles. The van der Waals surface area contributed by atoms with Gasteiger partial charge in [0, 0.05) is 49.4 Å². The molecule has 1 aliphatic carbocycles. The molecule has 0 amide bonds. The molecule has 10 rings (SSSR count). The summed E-state index contributed by atoms with van der Waals surface area (Å²) in [5.74, 6) is 1.96. The van der Waals surface area contributed by atoms with E-state index in [2.05, 4.69) is 350 Å². The van der Waals surface area contributed by atoms with E-state index < -0.39 is 49.2 Å². The van der Waals surface area contributed by atoms with Gasteiger partial charge in [0.25, 0.3) is 8.32 Å². The van der Waals surface area contributed by atoms with E-state index in [9.17, 15) is 0 Å². The number of para-hydroxylation sites is 2. The highest BCUT2D eigenvalue weighted by atomic mass is 31.1. The molecule has 1 saturated carbocycles. The summed E-state index contributed by atoms with van der Waals surface area (Å²) in [5.41, 5.74) is 4.83. The largest absolute Gasteiger partial charge is 0.543 e. The smallest absolute Gasteiger partial charge is 0.276 e. The number of rotatable bonds is 19. The Kier molecular flexibility index (Phi) is 23.4. The molecule has 0 N–H and O–H groups in total. The van der Waals surface area contributed by atoms with Crippen LogP contribution in [0.15, 0.2) is 249 Å². The molecule has 0 radical (unpaired) electrons. The molecule has 0 aromatic heterocycles. The Balaban J connectivity index is 0.000000167. The lowest BCUT2D eigenvalue weighted by Gasteiger charge is -2.44. The molecule has 1 aliphatic rings. The minimum atomic E-state index is -2.13. The number of anilines is 2. The summed E-state index contributed by atoms with van der Waals surface area (Å²) in [7, 11) is -0.638. The lowest BCUT2D eigenvalue weighted by atomic mass is 9.93. The molecule has 2 atom stereocenters. The van der Waals surface area contributed by atoms with Crippen molar-refractivity contribution < 1.29 is 13.3 Å². The van der Waals surface area contributed by atoms with E-state index >= 15 is 0 Å². The van der Waals surface area contributed by atoms with Gasteiger partial charge < -0.3 is 22.6 Å². The van der Waals surface area contributed by atoms with Crippen molar-refractivity contribution in [1.82, 2.24) is 4.67 Å². The summed E-state index contributed by atoms with van der Waals surface area (Å²) >= 11 is 0. The van der Waals surface area contributed by atoms with Crippen molar-refractivity contribution in [3.63, 3.8) is 0 Å². The van der Waals surface area contributed by atoms with Crippen LogP contribution in [0.25, 0.3) is 0 Å². The van der Waals surface area contributed by atoms with Crippen molar-refractivity contribution in [3.8, 4) is 11.5 Å². The molecule has 85 heavy (non-hydrogen) atoms. The Morgan fingerprint density at radius 1 is 0.353 bits per heavy atom. The van der Waals surface area contributed by atoms with Crippen LogP contribution in [0.4, 0.5) is 11.4 Å². The molecule has 12 heteroatoms. The maximum Gasteiger partial charge on any atom is 0.276 e. The van der Waals surface area contributed by atoms with E-state index in [0.717, 1.165) is 11.5 Å². The van der Waals surface area contributed by atoms with Crippen LogP contribution in [-0.2, 0) is 4.43 Å². The summed E-state index contributed by atoms with van der Waals surface area (Å²) in [5, 5.41) is 9.47. The second-order valence-corrected chi connectivity index (χ2v) is 43.7. The second kappa shape index (κ2) is 30.6. The first-order chi connectivity index (χ1) is 40.8. The average Bonchev–Trinajstić information content (AvgIpc) is 2.90. The van der Waals surface area contributed by atoms with Gasteiger partial charge in [0.05, 0.1) is 33.6 Å². The Morgan fingerprint density at radius 3 is 1.01 bits per heavy atom. The van der Waals surface area contributed by atoms with Crippen molar-refractivity contribution in [1.29, 1.82) is 0 Å². The van der Waals surface area contributed by atoms with E-state index in [1.807, 2.05) is 0 Å². The molecule has 442 valence electrons. The van der Waals surface area contributed by atoms with Crippen LogP contribution in [-0.4, -0.2) is 62.9 Å². The number of aryl methyl sites for hydroxylation is 2. The zero-order valence-electron chi connectivity index (χ0n) is 52.6. The van der Waals surface area contributed by atoms with Crippen LogP contribution < -0.4 is 55.2 Å². The van der Waals surface area contributed by atoms with Crippen molar-refractivity contribution in [2.24, 2.45) is 0 Å². The predicted molar refractivity (Wildman–Crippen MR) is 383 cm³/mol. The average molecular weight is 1230 g/mol. The number of hydrogen-bond acceptors (Lipinski definition) is 6. The van der Waals surface area contributed by atoms with E-state index in [-0.39, 0.29) is 0 Å². The Hall–Kier alpha value is -5.96. The SMILES string of the molecule is CN(C1CCCCC1O[Si](C)(C)C)P(c1ccccc1)c1ccccc1.Cc1cccc(O[Si](C)(C)C)c1N(C)P(c1ccccc1)c1ccccc1.Cc1cccc(O[Si](C)(C)c2ccccc2)c1N(C)P(c1ccccc1)c1ccccc1. The van der Waals surface area contributed by atoms with Crippen LogP contribution >= 0.6 is 24.2 Å². The molecule has 0 heterocycles. The Bertz CT molecular complexity index is 3300. The molecule has 0 saturated heterocycles. The normalized spacial score (nSPS) is 14.5. The summed E-state index contributed by atoms with van der Waals surface area (Å²) in [6.07, 6.45) is 5.43. The number of benzene rings is 9. The summed E-state index contributed by atoms with van der Waals surface area (Å²) in [6, 6.07) is 89.1. The second-order valence-electron chi connectivity index (χ2n) is 24.2. The first-order valence-electron chi connectivity index (χ1n) is 30.0. The van der Waals surface area contributed by atoms with Gasteiger partial charge in [-0.25, -0.2) is 0 Å². The zero-order chi connectivity index (χ0) is 60.6. The summed E-state index contributed by atoms with van der Waals surface area (Å²) in [6.45, 7) is 22.5. The Morgan fingerprint density at radius 2 is 0.671 bits per heavy atom. The minimum absolute atomic E-state index is 0.373. The lowest BCUT2D eigenvalue weighted by Crippen LogP contribution is -2.48. The Labute approximate surface area is 518 Å². The highest BCUT2D eigenvalue weighted by molar-refractivity contribution is 7.74. The standard InChI is InChI=1S/C28H30NOPSi.C23H28NOPSi.C22H32NOPSi/c1-23-15-14-22-27(30-32(3,4)26-20-12-7-13-21-26)28(23)29(2)31(24-16-8-5-9-17-24)25-18-10-6-11-19-25;1-19-13-12-18-22(25-27(3,4)5)23(19)24(2)26(20-14-8-6-9-15-20)21-16-10-7-11-17-21;1-23(21-17-11-12-18-22(21)24-26(2,3)4)25(19-13-7-5-8-14-19)20-15-9-6-10-16-20/h5-22H,1-4H3;6-18H,1-5H3;5-10,13-16,21-22H,11-12,17-18H2,1-4H3. The van der Waals surface area contributed by atoms with Gasteiger partial charge in [-0.3, -0.25) is 4.67 Å². The van der Waals surface area contributed by atoms with Crippen LogP contribution in [0.5, 0.6) is 11.5 Å². The molecular formula is C73H90N3O3P3Si3. The van der Waals surface area contributed by atoms with Gasteiger partial charge in [0.1, 0.15) is 11.5 Å². The van der Waals surface area contributed by atoms with Gasteiger partial charge in [0.15, 0.2) is 8.32 Å². The first-order valence-corrected chi connectivity index (χ1v) is 43.6. The molecule has 1 fully saturated rings. The summed E-state index contributed by atoms with van der Waals surface area (Å²) < 4.78 is 27.5. The maximum atomic E-state index is 6.85. The van der Waals surface area contributed by atoms with Crippen LogP contribution in [0.1, 0.15) is 36.8 Å². The monoisotopic (exact) mass is 1230 g/mol. The van der Waals surface area contributed by atoms with Crippen LogP contribution in [0.3, 0.4) is 0 Å². The van der Waals surface area contributed by atoms with Gasteiger partial charge in [-0.1, -0.05) is 249 Å². The molecule has 0 bridgehead atoms. The quantitative estimate of drug-likeness (QED) is 0.0593. The number of hydrogen-bond donors (Lipinski definition) is 0. The van der Waals surface area contributed by atoms with Gasteiger partial charge in [-0.15, -0.1) is 0 Å². The van der Waals surface area contributed by atoms with Crippen molar-refractivity contribution in [2.75, 3.05) is 30.5 Å². The predicted octanol–water partition coefficient (Wildman–Crippen LogP) is 16.8. The number of likely N-dealkylation sites (N-methyl/N-ethyl adjacent to an activating group) is 1. The van der Waals surface area contributed by atoms with Gasteiger partial charge in [-0.2, -0.15) is 0 Å². The fraction of sp³-hybridized carbons (Fsp3) is 0.260. The van der Waals surface area contributed by atoms with Crippen LogP contribution in [0.2, 0.25) is 52.4 Å². The molecule has 9 aromatic rings. The molecule has 0 aliphatic heterocycles. The minimum Gasteiger partial charge on any atom is -0.543 e. The maximum absolute atomic E-state index is 6.85. The highest BCUT2D eigenvalue weighted by Gasteiger charge is 2.37. The first kappa shape index (κ1) is 65.0. The third-order valence-corrected chi connectivity index (χ3v) is 26.4. The van der Waals surface area contributed by atoms with Gasteiger partial charge in [0.2, 0.25) is 8.32 Å². The van der Waals surface area contributed by atoms with Crippen molar-refractivity contribution in [3.05, 3.63) is 260 Å². The third-order valence-electron chi connectivity index (χ3n) is 14.9. The van der Waals surface area contributed by atoms with E-state index in [4.69, 9.17) is 13.3 Å². The lowest BCUT2D eigenvalue weighted by molar-refractivity contribution is 0.0809. The van der Waals surface area contributed by atoms with E-state index in [0.29, 0.717) is 12.1 Å². The van der Waals surface area contributed by atoms with Crippen molar-refractivity contribution >= 4 is 97.6 Å². The van der Waals surface area contributed by atoms with Gasteiger partial charge >= 0.3 is 0 Å². The number of nitrogens with zero attached hydrogens (tertiary/aromatic N) is 3. The summed E-state index contributed by atoms with van der Waals surface area (Å²) in [4.78, 5) is 0. The molecular weight excluding hydrogens is 1140 g/mol. The van der Waals surface area contributed by atoms with Crippen molar-refractivity contribution in [2.45, 2.75) is 104 Å². The van der Waals surface area contributed by atoms with Crippen LogP contribution in [0, 0.1) is 13.8 Å². The fourth-order valence-corrected chi connectivity index (χ4v) is 22.2. The van der Waals surface area contributed by atoms with Gasteiger partial charge in [-0.05, 0) is 125 Å². The molecule has 0 spiro atoms. The van der Waals surface area contributed by atoms with E-state index in [1.54, 1.807) is 0 Å². The molecule has 2 unspecified atom stereocenters. The molecule has 6 nitrogen and oxygen atoms in total. The third kappa shape index (κ3) is 18.1. The van der Waals surface area contributed by atoms with E-state index in [1.165, 1.54) is 85.2 Å². The zero-order valence-corrected chi connectivity index (χ0v) is 58.2.